The van der Waals surface area contributed by atoms with Gasteiger partial charge in [-0.25, -0.2) is 4.79 Å². The molecule has 0 saturated carbocycles. The summed E-state index contributed by atoms with van der Waals surface area (Å²) < 4.78 is 0. The van der Waals surface area contributed by atoms with Crippen molar-refractivity contribution < 1.29 is 14.7 Å². The van der Waals surface area contributed by atoms with Crippen LogP contribution in [0.15, 0.2) is 24.3 Å². The van der Waals surface area contributed by atoms with Gasteiger partial charge in [-0.2, -0.15) is 0 Å². The third-order valence-electron chi connectivity index (χ3n) is 2.49. The van der Waals surface area contributed by atoms with Gasteiger partial charge in [0.05, 0.1) is 0 Å². The van der Waals surface area contributed by atoms with Gasteiger partial charge in [-0.15, -0.1) is 0 Å². The summed E-state index contributed by atoms with van der Waals surface area (Å²) in [6, 6.07) is 5.34. The lowest BCUT2D eigenvalue weighted by atomic mass is 9.86. The van der Waals surface area contributed by atoms with Crippen molar-refractivity contribution in [2.45, 2.75) is 26.8 Å². The molecule has 5 heteroatoms. The molecule has 1 aromatic rings. The van der Waals surface area contributed by atoms with Crippen molar-refractivity contribution in [1.29, 1.82) is 0 Å². The number of halogens is 1. The van der Waals surface area contributed by atoms with Gasteiger partial charge in [0.15, 0.2) is 0 Å². The Morgan fingerprint density at radius 2 is 1.72 bits per heavy atom. The zero-order valence-electron chi connectivity index (χ0n) is 10.5. The number of benzene rings is 1. The molecule has 1 amide bonds. The van der Waals surface area contributed by atoms with Gasteiger partial charge in [-0.05, 0) is 29.7 Å². The maximum atomic E-state index is 11.9. The zero-order valence-corrected chi connectivity index (χ0v) is 11.3. The van der Waals surface area contributed by atoms with Crippen LogP contribution in [0.2, 0.25) is 5.02 Å². The fraction of sp³-hybridized carbons (Fsp3) is 0.385. The quantitative estimate of drug-likeness (QED) is 0.886. The Hall–Kier alpha value is -1.55. The maximum Gasteiger partial charge on any atom is 0.326 e. The van der Waals surface area contributed by atoms with Crippen molar-refractivity contribution in [1.82, 2.24) is 5.32 Å². The second-order valence-corrected chi connectivity index (χ2v) is 5.55. The minimum absolute atomic E-state index is 0.384. The Bertz CT molecular complexity index is 448. The van der Waals surface area contributed by atoms with E-state index in [-0.39, 0.29) is 0 Å². The lowest BCUT2D eigenvalue weighted by molar-refractivity contribution is -0.142. The number of carboxylic acid groups (broad SMARTS) is 1. The lowest BCUT2D eigenvalue weighted by Gasteiger charge is -2.27. The van der Waals surface area contributed by atoms with E-state index in [1.807, 2.05) is 0 Å². The molecule has 0 radical (unpaired) electrons. The standard InChI is InChI=1S/C13H16ClNO3/c1-13(2,3)10(12(17)18)15-11(16)8-4-6-9(14)7-5-8/h4-7,10H,1-3H3,(H,15,16)(H,17,18). The Kier molecular flexibility index (Phi) is 4.35. The molecule has 0 heterocycles. The zero-order chi connectivity index (χ0) is 13.9. The number of nitrogens with one attached hydrogen (secondary N) is 1. The Labute approximate surface area is 111 Å². The van der Waals surface area contributed by atoms with Crippen molar-refractivity contribution in [2.24, 2.45) is 5.41 Å². The summed E-state index contributed by atoms with van der Waals surface area (Å²) in [5.74, 6) is -1.47. The second-order valence-electron chi connectivity index (χ2n) is 5.12. The second kappa shape index (κ2) is 5.40. The first-order valence-corrected chi connectivity index (χ1v) is 5.89. The van der Waals surface area contributed by atoms with E-state index in [0.717, 1.165) is 0 Å². The third kappa shape index (κ3) is 3.74. The number of amides is 1. The Morgan fingerprint density at radius 1 is 1.22 bits per heavy atom. The van der Waals surface area contributed by atoms with E-state index in [9.17, 15) is 9.59 Å². The topological polar surface area (TPSA) is 66.4 Å². The van der Waals surface area contributed by atoms with Gasteiger partial charge >= 0.3 is 5.97 Å². The number of carboxylic acids is 1. The van der Waals surface area contributed by atoms with Crippen molar-refractivity contribution in [3.63, 3.8) is 0 Å². The summed E-state index contributed by atoms with van der Waals surface area (Å²) in [4.78, 5) is 23.0. The molecule has 1 aromatic carbocycles. The molecule has 98 valence electrons. The molecule has 1 rings (SSSR count). The van der Waals surface area contributed by atoms with Crippen LogP contribution in [0.5, 0.6) is 0 Å². The van der Waals surface area contributed by atoms with Crippen LogP contribution in [0, 0.1) is 5.41 Å². The third-order valence-corrected chi connectivity index (χ3v) is 2.75. The number of rotatable bonds is 3. The molecule has 0 spiro atoms. The number of hydrogen-bond donors (Lipinski definition) is 2. The van der Waals surface area contributed by atoms with Gasteiger partial charge in [0.2, 0.25) is 0 Å². The summed E-state index contributed by atoms with van der Waals surface area (Å²) in [5, 5.41) is 12.1. The summed E-state index contributed by atoms with van der Waals surface area (Å²) in [6.45, 7) is 5.27. The van der Waals surface area contributed by atoms with E-state index in [0.29, 0.717) is 10.6 Å². The summed E-state index contributed by atoms with van der Waals surface area (Å²) in [5.41, 5.74) is -0.177. The maximum absolute atomic E-state index is 11.9. The Morgan fingerprint density at radius 3 is 2.11 bits per heavy atom. The first kappa shape index (κ1) is 14.5. The minimum atomic E-state index is -1.05. The van der Waals surface area contributed by atoms with Crippen LogP contribution in [0.4, 0.5) is 0 Å². The predicted molar refractivity (Wildman–Crippen MR) is 69.8 cm³/mol. The molecule has 0 aliphatic carbocycles. The first-order chi connectivity index (χ1) is 8.21. The molecule has 0 bridgehead atoms. The van der Waals surface area contributed by atoms with Crippen molar-refractivity contribution in [3.05, 3.63) is 34.9 Å². The van der Waals surface area contributed by atoms with Gasteiger partial charge in [-0.1, -0.05) is 32.4 Å². The summed E-state index contributed by atoms with van der Waals surface area (Å²) >= 11 is 5.72. The highest BCUT2D eigenvalue weighted by molar-refractivity contribution is 6.30. The van der Waals surface area contributed by atoms with Crippen LogP contribution in [0.3, 0.4) is 0 Å². The molecule has 2 N–H and O–H groups in total. The average Bonchev–Trinajstić information content (AvgIpc) is 2.24. The molecule has 1 atom stereocenters. The molecular weight excluding hydrogens is 254 g/mol. The van der Waals surface area contributed by atoms with Crippen LogP contribution < -0.4 is 5.32 Å². The highest BCUT2D eigenvalue weighted by Gasteiger charge is 2.32. The van der Waals surface area contributed by atoms with Crippen LogP contribution in [-0.4, -0.2) is 23.0 Å². The van der Waals surface area contributed by atoms with Crippen LogP contribution in [0.25, 0.3) is 0 Å². The van der Waals surface area contributed by atoms with Gasteiger partial charge in [0, 0.05) is 10.6 Å². The first-order valence-electron chi connectivity index (χ1n) is 5.51. The predicted octanol–water partition coefficient (Wildman–Crippen LogP) is 2.57. The normalized spacial score (nSPS) is 12.9. The molecule has 0 aliphatic rings. The van der Waals surface area contributed by atoms with E-state index in [2.05, 4.69) is 5.32 Å². The van der Waals surface area contributed by atoms with Crippen LogP contribution in [0.1, 0.15) is 31.1 Å². The van der Waals surface area contributed by atoms with Gasteiger partial charge in [-0.3, -0.25) is 4.79 Å². The van der Waals surface area contributed by atoms with Gasteiger partial charge < -0.3 is 10.4 Å². The van der Waals surface area contributed by atoms with Gasteiger partial charge in [0.1, 0.15) is 6.04 Å². The van der Waals surface area contributed by atoms with E-state index in [4.69, 9.17) is 16.7 Å². The summed E-state index contributed by atoms with van der Waals surface area (Å²) in [7, 11) is 0. The highest BCUT2D eigenvalue weighted by Crippen LogP contribution is 2.20. The van der Waals surface area contributed by atoms with E-state index in [1.54, 1.807) is 45.0 Å². The number of carbonyl (C=O) groups is 2. The van der Waals surface area contributed by atoms with Crippen molar-refractivity contribution in [3.8, 4) is 0 Å². The fourth-order valence-electron chi connectivity index (χ4n) is 1.46. The van der Waals surface area contributed by atoms with E-state index < -0.39 is 23.3 Å². The SMILES string of the molecule is CC(C)(C)C(NC(=O)c1ccc(Cl)cc1)C(=O)O. The number of hydrogen-bond acceptors (Lipinski definition) is 2. The van der Waals surface area contributed by atoms with Gasteiger partial charge in [0.25, 0.3) is 5.91 Å². The molecule has 0 aromatic heterocycles. The molecule has 18 heavy (non-hydrogen) atoms. The van der Waals surface area contributed by atoms with Crippen molar-refractivity contribution >= 4 is 23.5 Å². The number of aliphatic carboxylic acids is 1. The molecule has 0 fully saturated rings. The lowest BCUT2D eigenvalue weighted by Crippen LogP contribution is -2.49. The van der Waals surface area contributed by atoms with E-state index in [1.165, 1.54) is 0 Å². The fourth-order valence-corrected chi connectivity index (χ4v) is 1.59. The van der Waals surface area contributed by atoms with Crippen molar-refractivity contribution in [2.75, 3.05) is 0 Å². The molecule has 0 saturated heterocycles. The highest BCUT2D eigenvalue weighted by atomic mass is 35.5. The molecular formula is C13H16ClNO3. The molecule has 4 nitrogen and oxygen atoms in total. The van der Waals surface area contributed by atoms with Crippen LogP contribution >= 0.6 is 11.6 Å². The smallest absolute Gasteiger partial charge is 0.326 e. The Balaban J connectivity index is 2.86. The largest absolute Gasteiger partial charge is 0.480 e. The van der Waals surface area contributed by atoms with Crippen LogP contribution in [-0.2, 0) is 4.79 Å². The molecule has 1 unspecified atom stereocenters. The average molecular weight is 270 g/mol. The monoisotopic (exact) mass is 269 g/mol. The minimum Gasteiger partial charge on any atom is -0.480 e. The van der Waals surface area contributed by atoms with E-state index >= 15 is 0 Å². The summed E-state index contributed by atoms with van der Waals surface area (Å²) in [6.07, 6.45) is 0. The number of carbonyl (C=O) groups excluding carboxylic acids is 1. The molecule has 0 aliphatic heterocycles.